The summed E-state index contributed by atoms with van der Waals surface area (Å²) >= 11 is 0. The van der Waals surface area contributed by atoms with Crippen LogP contribution in [0, 0.1) is 0 Å². The molecule has 0 bridgehead atoms. The second kappa shape index (κ2) is 8.79. The number of carbonyl (C=O) groups excluding carboxylic acids is 1. The van der Waals surface area contributed by atoms with Gasteiger partial charge in [-0.25, -0.2) is 4.68 Å². The molecular formula is C19H21N5O3. The van der Waals surface area contributed by atoms with Gasteiger partial charge >= 0.3 is 0 Å². The van der Waals surface area contributed by atoms with Gasteiger partial charge in [0, 0.05) is 18.7 Å². The Hall–Kier alpha value is -3.42. The van der Waals surface area contributed by atoms with Crippen molar-refractivity contribution in [1.29, 1.82) is 0 Å². The zero-order valence-corrected chi connectivity index (χ0v) is 15.3. The smallest absolute Gasteiger partial charge is 0.251 e. The average molecular weight is 367 g/mol. The Morgan fingerprint density at radius 1 is 1.07 bits per heavy atom. The monoisotopic (exact) mass is 367 g/mol. The van der Waals surface area contributed by atoms with Crippen molar-refractivity contribution in [3.8, 4) is 11.5 Å². The number of ether oxygens (including phenoxy) is 2. The fraction of sp³-hybridized carbons (Fsp3) is 0.263. The first-order valence-corrected chi connectivity index (χ1v) is 8.58. The van der Waals surface area contributed by atoms with E-state index in [1.807, 2.05) is 31.2 Å². The predicted molar refractivity (Wildman–Crippen MR) is 98.4 cm³/mol. The Labute approximate surface area is 157 Å². The summed E-state index contributed by atoms with van der Waals surface area (Å²) in [7, 11) is 1.62. The van der Waals surface area contributed by atoms with E-state index in [1.165, 1.54) is 0 Å². The van der Waals surface area contributed by atoms with Crippen LogP contribution in [-0.2, 0) is 19.7 Å². The molecule has 1 amide bonds. The molecule has 1 aromatic heterocycles. The third kappa shape index (κ3) is 4.81. The molecular weight excluding hydrogens is 346 g/mol. The largest absolute Gasteiger partial charge is 0.497 e. The molecule has 0 aliphatic rings. The molecule has 8 nitrogen and oxygen atoms in total. The average Bonchev–Trinajstić information content (AvgIpc) is 3.19. The number of rotatable bonds is 8. The molecule has 3 rings (SSSR count). The minimum Gasteiger partial charge on any atom is -0.497 e. The van der Waals surface area contributed by atoms with Crippen LogP contribution in [0.2, 0.25) is 0 Å². The SMILES string of the molecule is CCn1nnnc1COc1ccc(C(=O)NCc2ccc(OC)cc2)cc1. The molecule has 1 heterocycles. The Morgan fingerprint density at radius 3 is 2.44 bits per heavy atom. The maximum absolute atomic E-state index is 12.3. The van der Waals surface area contributed by atoms with Crippen molar-refractivity contribution in [3.05, 3.63) is 65.5 Å². The summed E-state index contributed by atoms with van der Waals surface area (Å²) in [6.45, 7) is 3.35. The number of benzene rings is 2. The Bertz CT molecular complexity index is 875. The van der Waals surface area contributed by atoms with Crippen molar-refractivity contribution in [1.82, 2.24) is 25.5 Å². The lowest BCUT2D eigenvalue weighted by atomic mass is 10.2. The van der Waals surface area contributed by atoms with Crippen molar-refractivity contribution in [2.75, 3.05) is 7.11 Å². The second-order valence-corrected chi connectivity index (χ2v) is 5.75. The van der Waals surface area contributed by atoms with E-state index in [0.29, 0.717) is 30.2 Å². The molecule has 1 N–H and O–H groups in total. The van der Waals surface area contributed by atoms with Gasteiger partial charge in [0.25, 0.3) is 5.91 Å². The van der Waals surface area contributed by atoms with Crippen LogP contribution in [0.1, 0.15) is 28.7 Å². The first-order chi connectivity index (χ1) is 13.2. The van der Waals surface area contributed by atoms with E-state index in [1.54, 1.807) is 36.1 Å². The van der Waals surface area contributed by atoms with E-state index in [2.05, 4.69) is 20.8 Å². The summed E-state index contributed by atoms with van der Waals surface area (Å²) in [5.41, 5.74) is 1.56. The lowest BCUT2D eigenvalue weighted by Gasteiger charge is -2.08. The number of methoxy groups -OCH3 is 1. The minimum absolute atomic E-state index is 0.146. The van der Waals surface area contributed by atoms with E-state index >= 15 is 0 Å². The highest BCUT2D eigenvalue weighted by Gasteiger charge is 2.08. The van der Waals surface area contributed by atoms with E-state index in [9.17, 15) is 4.79 Å². The zero-order chi connectivity index (χ0) is 19.1. The van der Waals surface area contributed by atoms with Crippen LogP contribution in [0.5, 0.6) is 11.5 Å². The van der Waals surface area contributed by atoms with Crippen molar-refractivity contribution in [2.45, 2.75) is 26.6 Å². The van der Waals surface area contributed by atoms with Gasteiger partial charge in [-0.05, 0) is 59.3 Å². The van der Waals surface area contributed by atoms with Crippen LogP contribution >= 0.6 is 0 Å². The molecule has 0 spiro atoms. The topological polar surface area (TPSA) is 91.2 Å². The molecule has 0 aliphatic carbocycles. The quantitative estimate of drug-likeness (QED) is 0.656. The lowest BCUT2D eigenvalue weighted by molar-refractivity contribution is 0.0951. The lowest BCUT2D eigenvalue weighted by Crippen LogP contribution is -2.22. The summed E-state index contributed by atoms with van der Waals surface area (Å²) < 4.78 is 12.5. The van der Waals surface area contributed by atoms with Gasteiger partial charge in [-0.1, -0.05) is 12.1 Å². The number of carbonyl (C=O) groups is 1. The Kier molecular flexibility index (Phi) is 5.98. The second-order valence-electron chi connectivity index (χ2n) is 5.75. The maximum atomic E-state index is 12.3. The molecule has 0 radical (unpaired) electrons. The van der Waals surface area contributed by atoms with Crippen LogP contribution in [0.25, 0.3) is 0 Å². The molecule has 0 aliphatic heterocycles. The summed E-state index contributed by atoms with van der Waals surface area (Å²) in [5, 5.41) is 14.3. The van der Waals surface area contributed by atoms with Crippen molar-refractivity contribution < 1.29 is 14.3 Å². The number of amides is 1. The van der Waals surface area contributed by atoms with Gasteiger partial charge in [-0.3, -0.25) is 4.79 Å². The summed E-state index contributed by atoms with van der Waals surface area (Å²) in [6.07, 6.45) is 0. The van der Waals surface area contributed by atoms with Gasteiger partial charge in [0.1, 0.15) is 18.1 Å². The van der Waals surface area contributed by atoms with Crippen LogP contribution < -0.4 is 14.8 Å². The van der Waals surface area contributed by atoms with Gasteiger partial charge in [-0.15, -0.1) is 5.10 Å². The van der Waals surface area contributed by atoms with Gasteiger partial charge in [0.2, 0.25) is 0 Å². The molecule has 27 heavy (non-hydrogen) atoms. The summed E-state index contributed by atoms with van der Waals surface area (Å²) in [5.74, 6) is 1.94. The fourth-order valence-corrected chi connectivity index (χ4v) is 2.45. The zero-order valence-electron chi connectivity index (χ0n) is 15.3. The van der Waals surface area contributed by atoms with E-state index in [0.717, 1.165) is 11.3 Å². The summed E-state index contributed by atoms with van der Waals surface area (Å²) in [6, 6.07) is 14.5. The first kappa shape index (κ1) is 18.4. The number of aryl methyl sites for hydroxylation is 1. The minimum atomic E-state index is -0.146. The highest BCUT2D eigenvalue weighted by molar-refractivity contribution is 5.94. The van der Waals surface area contributed by atoms with Crippen molar-refractivity contribution >= 4 is 5.91 Å². The number of aromatic nitrogens is 4. The normalized spacial score (nSPS) is 10.4. The number of nitrogens with zero attached hydrogens (tertiary/aromatic N) is 4. The molecule has 0 saturated carbocycles. The van der Waals surface area contributed by atoms with Crippen LogP contribution in [-0.4, -0.2) is 33.2 Å². The molecule has 0 fully saturated rings. The fourth-order valence-electron chi connectivity index (χ4n) is 2.45. The number of tetrazole rings is 1. The van der Waals surface area contributed by atoms with Gasteiger partial charge < -0.3 is 14.8 Å². The highest BCUT2D eigenvalue weighted by atomic mass is 16.5. The Balaban J connectivity index is 1.52. The molecule has 0 atom stereocenters. The van der Waals surface area contributed by atoms with Crippen LogP contribution in [0.15, 0.2) is 48.5 Å². The van der Waals surface area contributed by atoms with Crippen molar-refractivity contribution in [2.24, 2.45) is 0 Å². The molecule has 8 heteroatoms. The van der Waals surface area contributed by atoms with Crippen LogP contribution in [0.3, 0.4) is 0 Å². The number of hydrogen-bond acceptors (Lipinski definition) is 6. The van der Waals surface area contributed by atoms with Gasteiger partial charge in [0.05, 0.1) is 7.11 Å². The van der Waals surface area contributed by atoms with E-state index < -0.39 is 0 Å². The standard InChI is InChI=1S/C19H21N5O3/c1-3-24-18(21-22-23-24)13-27-17-10-6-15(7-11-17)19(25)20-12-14-4-8-16(26-2)9-5-14/h4-11H,3,12-13H2,1-2H3,(H,20,25). The van der Waals surface area contributed by atoms with Gasteiger partial charge in [0.15, 0.2) is 5.82 Å². The summed E-state index contributed by atoms with van der Waals surface area (Å²) in [4.78, 5) is 12.3. The highest BCUT2D eigenvalue weighted by Crippen LogP contribution is 2.14. The van der Waals surface area contributed by atoms with Crippen LogP contribution in [0.4, 0.5) is 0 Å². The van der Waals surface area contributed by atoms with E-state index in [-0.39, 0.29) is 12.5 Å². The van der Waals surface area contributed by atoms with E-state index in [4.69, 9.17) is 9.47 Å². The Morgan fingerprint density at radius 2 is 1.78 bits per heavy atom. The first-order valence-electron chi connectivity index (χ1n) is 8.58. The number of hydrogen-bond donors (Lipinski definition) is 1. The third-order valence-corrected chi connectivity index (χ3v) is 4.00. The molecule has 140 valence electrons. The predicted octanol–water partition coefficient (Wildman–Crippen LogP) is 2.21. The molecule has 3 aromatic rings. The molecule has 0 unspecified atom stereocenters. The maximum Gasteiger partial charge on any atom is 0.251 e. The van der Waals surface area contributed by atoms with Gasteiger partial charge in [-0.2, -0.15) is 0 Å². The molecule has 2 aromatic carbocycles. The third-order valence-electron chi connectivity index (χ3n) is 4.00. The van der Waals surface area contributed by atoms with Crippen molar-refractivity contribution in [3.63, 3.8) is 0 Å². The number of nitrogens with one attached hydrogen (secondary N) is 1. The molecule has 0 saturated heterocycles.